The van der Waals surface area contributed by atoms with Crippen LogP contribution < -0.4 is 0 Å². The lowest BCUT2D eigenvalue weighted by Gasteiger charge is -2.05. The molecule has 0 heterocycles. The van der Waals surface area contributed by atoms with E-state index in [1.54, 1.807) is 13.0 Å². The molecule has 0 aliphatic carbocycles. The Balaban J connectivity index is 3.03. The molecule has 0 aliphatic heterocycles. The van der Waals surface area contributed by atoms with Crippen molar-refractivity contribution in [2.75, 3.05) is 0 Å². The van der Waals surface area contributed by atoms with Crippen LogP contribution in [0.25, 0.3) is 0 Å². The molecule has 0 saturated heterocycles. The van der Waals surface area contributed by atoms with Crippen molar-refractivity contribution in [1.82, 2.24) is 0 Å². The highest BCUT2D eigenvalue weighted by atomic mass is 79.9. The standard InChI is InChI=1S/C10H9BrClFO/c1-6(11)10(14)7-2-3-8(5-13)9(12)4-7/h2-4,6H,5H2,1H3. The Morgan fingerprint density at radius 2 is 2.29 bits per heavy atom. The van der Waals surface area contributed by atoms with E-state index < -0.39 is 6.67 Å². The molecule has 0 bridgehead atoms. The molecule has 0 aliphatic rings. The van der Waals surface area contributed by atoms with Crippen molar-refractivity contribution in [2.24, 2.45) is 0 Å². The van der Waals surface area contributed by atoms with Crippen molar-refractivity contribution in [3.63, 3.8) is 0 Å². The molecule has 0 N–H and O–H groups in total. The quantitative estimate of drug-likeness (QED) is 0.608. The lowest BCUT2D eigenvalue weighted by molar-refractivity contribution is 0.0996. The zero-order valence-electron chi connectivity index (χ0n) is 7.56. The molecule has 1 unspecified atom stereocenters. The number of hydrogen-bond acceptors (Lipinski definition) is 1. The molecule has 1 atom stereocenters. The number of ketones is 1. The van der Waals surface area contributed by atoms with Gasteiger partial charge >= 0.3 is 0 Å². The molecule has 14 heavy (non-hydrogen) atoms. The van der Waals surface area contributed by atoms with Crippen LogP contribution in [-0.4, -0.2) is 10.6 Å². The molecule has 1 aromatic carbocycles. The lowest BCUT2D eigenvalue weighted by Crippen LogP contribution is -2.09. The normalized spacial score (nSPS) is 12.6. The van der Waals surface area contributed by atoms with E-state index in [2.05, 4.69) is 15.9 Å². The van der Waals surface area contributed by atoms with Crippen molar-refractivity contribution >= 4 is 33.3 Å². The molecule has 0 fully saturated rings. The van der Waals surface area contributed by atoms with Gasteiger partial charge in [0, 0.05) is 16.1 Å². The highest BCUT2D eigenvalue weighted by Gasteiger charge is 2.13. The molecule has 1 nitrogen and oxygen atoms in total. The second-order valence-corrected chi connectivity index (χ2v) is 4.70. The molecule has 0 spiro atoms. The Labute approximate surface area is 95.4 Å². The van der Waals surface area contributed by atoms with Gasteiger partial charge in [-0.25, -0.2) is 4.39 Å². The van der Waals surface area contributed by atoms with E-state index in [0.29, 0.717) is 16.1 Å². The van der Waals surface area contributed by atoms with Crippen molar-refractivity contribution in [3.8, 4) is 0 Å². The summed E-state index contributed by atoms with van der Waals surface area (Å²) in [6.07, 6.45) is 0. The summed E-state index contributed by atoms with van der Waals surface area (Å²) in [5, 5.41) is 0.298. The van der Waals surface area contributed by atoms with Crippen LogP contribution in [0.2, 0.25) is 5.02 Å². The number of carbonyl (C=O) groups excluding carboxylic acids is 1. The summed E-state index contributed by atoms with van der Waals surface area (Å²) in [5.41, 5.74) is 0.905. The van der Waals surface area contributed by atoms with Crippen LogP contribution >= 0.6 is 27.5 Å². The SMILES string of the molecule is CC(Br)C(=O)c1ccc(CF)c(Cl)c1. The van der Waals surface area contributed by atoms with Gasteiger partial charge in [-0.1, -0.05) is 39.7 Å². The third kappa shape index (κ3) is 2.55. The molecule has 1 rings (SSSR count). The van der Waals surface area contributed by atoms with Crippen molar-refractivity contribution in [3.05, 3.63) is 34.3 Å². The zero-order chi connectivity index (χ0) is 10.7. The summed E-state index contributed by atoms with van der Waals surface area (Å²) in [7, 11) is 0. The highest BCUT2D eigenvalue weighted by molar-refractivity contribution is 9.10. The van der Waals surface area contributed by atoms with Gasteiger partial charge in [-0.3, -0.25) is 4.79 Å². The third-order valence-corrected chi connectivity index (χ3v) is 2.61. The van der Waals surface area contributed by atoms with Crippen molar-refractivity contribution < 1.29 is 9.18 Å². The average molecular weight is 280 g/mol. The minimum Gasteiger partial charge on any atom is -0.293 e. The molecular weight excluding hydrogens is 270 g/mol. The number of Topliss-reactive ketones (excluding diaryl/α,β-unsaturated/α-hetero) is 1. The summed E-state index contributed by atoms with van der Waals surface area (Å²) in [6, 6.07) is 4.61. The first-order chi connectivity index (χ1) is 6.56. The van der Waals surface area contributed by atoms with Crippen molar-refractivity contribution in [2.45, 2.75) is 18.4 Å². The molecular formula is C10H9BrClFO. The molecule has 4 heteroatoms. The maximum absolute atomic E-state index is 12.3. The number of hydrogen-bond donors (Lipinski definition) is 0. The Hall–Kier alpha value is -0.410. The van der Waals surface area contributed by atoms with E-state index in [9.17, 15) is 9.18 Å². The molecule has 76 valence electrons. The highest BCUT2D eigenvalue weighted by Crippen LogP contribution is 2.20. The summed E-state index contributed by atoms with van der Waals surface area (Å²) < 4.78 is 12.3. The summed E-state index contributed by atoms with van der Waals surface area (Å²) in [4.78, 5) is 11.2. The molecule has 0 amide bonds. The van der Waals surface area contributed by atoms with E-state index >= 15 is 0 Å². The van der Waals surface area contributed by atoms with E-state index in [1.165, 1.54) is 12.1 Å². The van der Waals surface area contributed by atoms with Crippen LogP contribution in [-0.2, 0) is 6.67 Å². The van der Waals surface area contributed by atoms with E-state index in [0.717, 1.165) is 0 Å². The van der Waals surface area contributed by atoms with Crippen molar-refractivity contribution in [1.29, 1.82) is 0 Å². The van der Waals surface area contributed by atoms with Crippen LogP contribution in [0.5, 0.6) is 0 Å². The van der Waals surface area contributed by atoms with Crippen LogP contribution in [0, 0.1) is 0 Å². The number of rotatable bonds is 3. The Morgan fingerprint density at radius 3 is 2.71 bits per heavy atom. The lowest BCUT2D eigenvalue weighted by atomic mass is 10.1. The van der Waals surface area contributed by atoms with Gasteiger partial charge in [-0.15, -0.1) is 0 Å². The maximum Gasteiger partial charge on any atom is 0.176 e. The Bertz CT molecular complexity index is 352. The topological polar surface area (TPSA) is 17.1 Å². The van der Waals surface area contributed by atoms with Gasteiger partial charge in [0.15, 0.2) is 5.78 Å². The number of benzene rings is 1. The van der Waals surface area contributed by atoms with Gasteiger partial charge in [0.05, 0.1) is 4.83 Å². The molecule has 0 radical (unpaired) electrons. The van der Waals surface area contributed by atoms with E-state index in [1.807, 2.05) is 0 Å². The van der Waals surface area contributed by atoms with Crippen LogP contribution in [0.3, 0.4) is 0 Å². The third-order valence-electron chi connectivity index (χ3n) is 1.84. The first-order valence-electron chi connectivity index (χ1n) is 4.09. The van der Waals surface area contributed by atoms with Gasteiger partial charge in [0.1, 0.15) is 6.67 Å². The Morgan fingerprint density at radius 1 is 1.64 bits per heavy atom. The fourth-order valence-electron chi connectivity index (χ4n) is 1.04. The molecule has 0 aromatic heterocycles. The predicted molar refractivity (Wildman–Crippen MR) is 59.0 cm³/mol. The van der Waals surface area contributed by atoms with E-state index in [4.69, 9.17) is 11.6 Å². The maximum atomic E-state index is 12.3. The largest absolute Gasteiger partial charge is 0.293 e. The monoisotopic (exact) mass is 278 g/mol. The first-order valence-corrected chi connectivity index (χ1v) is 5.38. The van der Waals surface area contributed by atoms with Gasteiger partial charge in [-0.2, -0.15) is 0 Å². The fraction of sp³-hybridized carbons (Fsp3) is 0.300. The zero-order valence-corrected chi connectivity index (χ0v) is 9.90. The van der Waals surface area contributed by atoms with Gasteiger partial charge in [0.2, 0.25) is 0 Å². The van der Waals surface area contributed by atoms with Gasteiger partial charge in [-0.05, 0) is 13.0 Å². The predicted octanol–water partition coefficient (Wildman–Crippen LogP) is 3.78. The summed E-state index contributed by atoms with van der Waals surface area (Å²) >= 11 is 8.94. The average Bonchev–Trinajstić information content (AvgIpc) is 2.16. The van der Waals surface area contributed by atoms with Gasteiger partial charge < -0.3 is 0 Å². The van der Waals surface area contributed by atoms with Gasteiger partial charge in [0.25, 0.3) is 0 Å². The minimum atomic E-state index is -0.614. The van der Waals surface area contributed by atoms with E-state index in [-0.39, 0.29) is 10.6 Å². The Kier molecular flexibility index (Phi) is 4.08. The number of alkyl halides is 2. The van der Waals surface area contributed by atoms with Crippen LogP contribution in [0.4, 0.5) is 4.39 Å². The minimum absolute atomic E-state index is 0.0580. The van der Waals surface area contributed by atoms with Crippen LogP contribution in [0.15, 0.2) is 18.2 Å². The second-order valence-electron chi connectivity index (χ2n) is 2.92. The summed E-state index contributed by atoms with van der Waals surface area (Å²) in [6.45, 7) is 1.12. The fourth-order valence-corrected chi connectivity index (χ4v) is 1.53. The van der Waals surface area contributed by atoms with Crippen LogP contribution in [0.1, 0.15) is 22.8 Å². The second kappa shape index (κ2) is 4.89. The number of carbonyl (C=O) groups is 1. The molecule has 1 aromatic rings. The summed E-state index contributed by atoms with van der Waals surface area (Å²) in [5.74, 6) is -0.0580. The molecule has 0 saturated carbocycles. The first kappa shape index (κ1) is 11.7. The smallest absolute Gasteiger partial charge is 0.176 e. The number of halogens is 3.